The topological polar surface area (TPSA) is 136 Å². The third-order valence-electron chi connectivity index (χ3n) is 6.28. The Morgan fingerprint density at radius 1 is 0.946 bits per heavy atom. The van der Waals surface area contributed by atoms with Crippen LogP contribution in [-0.4, -0.2) is 74.0 Å². The van der Waals surface area contributed by atoms with Crippen molar-refractivity contribution in [3.63, 3.8) is 0 Å². The van der Waals surface area contributed by atoms with E-state index in [4.69, 9.17) is 9.47 Å². The third kappa shape index (κ3) is 7.91. The van der Waals surface area contributed by atoms with Gasteiger partial charge in [0.2, 0.25) is 11.8 Å². The summed E-state index contributed by atoms with van der Waals surface area (Å²) in [5, 5.41) is 8.81. The van der Waals surface area contributed by atoms with E-state index in [-0.39, 0.29) is 19.0 Å². The molecule has 1 fully saturated rings. The third-order valence-corrected chi connectivity index (χ3v) is 7.19. The molecule has 0 spiro atoms. The molecular formula is C26H34N4O6S. The number of hydrogen-bond donors (Lipinski definition) is 3. The summed E-state index contributed by atoms with van der Waals surface area (Å²) in [6.07, 6.45) is 3.33. The zero-order valence-corrected chi connectivity index (χ0v) is 22.4. The smallest absolute Gasteiger partial charge is 0.263 e. The molecule has 2 aromatic rings. The normalized spacial score (nSPS) is 16.2. The predicted molar refractivity (Wildman–Crippen MR) is 138 cm³/mol. The quantitative estimate of drug-likeness (QED) is 0.336. The van der Waals surface area contributed by atoms with Gasteiger partial charge in [-0.2, -0.15) is 0 Å². The van der Waals surface area contributed by atoms with Crippen LogP contribution >= 0.6 is 11.3 Å². The van der Waals surface area contributed by atoms with Crippen LogP contribution in [0, 0.1) is 12.3 Å². The Labute approximate surface area is 220 Å². The van der Waals surface area contributed by atoms with Gasteiger partial charge in [-0.05, 0) is 31.7 Å². The van der Waals surface area contributed by atoms with Gasteiger partial charge in [-0.3, -0.25) is 19.2 Å². The molecule has 1 aliphatic rings. The summed E-state index contributed by atoms with van der Waals surface area (Å²) in [5.41, 5.74) is 0.467. The van der Waals surface area contributed by atoms with Gasteiger partial charge < -0.3 is 25.4 Å². The fourth-order valence-electron chi connectivity index (χ4n) is 3.85. The van der Waals surface area contributed by atoms with Crippen molar-refractivity contribution < 1.29 is 28.7 Å². The van der Waals surface area contributed by atoms with E-state index < -0.39 is 41.3 Å². The first-order valence-corrected chi connectivity index (χ1v) is 12.9. The average molecular weight is 531 g/mol. The minimum absolute atomic E-state index is 0.0310. The van der Waals surface area contributed by atoms with Gasteiger partial charge in [0, 0.05) is 19.6 Å². The first-order chi connectivity index (χ1) is 17.7. The number of methoxy groups -OCH3 is 2. The second-order valence-electron chi connectivity index (χ2n) is 9.42. The zero-order valence-electron chi connectivity index (χ0n) is 21.5. The van der Waals surface area contributed by atoms with E-state index in [1.54, 1.807) is 6.92 Å². The average Bonchev–Trinajstić information content (AvgIpc) is 3.48. The lowest BCUT2D eigenvalue weighted by Crippen LogP contribution is -2.58. The van der Waals surface area contributed by atoms with Crippen LogP contribution in [0.5, 0.6) is 0 Å². The summed E-state index contributed by atoms with van der Waals surface area (Å²) in [6, 6.07) is 6.56. The molecule has 1 unspecified atom stereocenters. The number of nitrogens with one attached hydrogen (secondary N) is 3. The molecule has 10 nitrogen and oxygen atoms in total. The van der Waals surface area contributed by atoms with Crippen LogP contribution in [0.3, 0.4) is 0 Å². The summed E-state index contributed by atoms with van der Waals surface area (Å²) >= 11 is 1.20. The Bertz CT molecular complexity index is 1100. The lowest BCUT2D eigenvalue weighted by Gasteiger charge is -2.26. The monoisotopic (exact) mass is 530 g/mol. The Hall–Kier alpha value is -3.15. The summed E-state index contributed by atoms with van der Waals surface area (Å²) in [6.45, 7) is 3.44. The number of hydrogen-bond acceptors (Lipinski definition) is 8. The number of ketones is 1. The van der Waals surface area contributed by atoms with E-state index in [1.807, 2.05) is 37.3 Å². The van der Waals surface area contributed by atoms with Gasteiger partial charge in [0.15, 0.2) is 5.78 Å². The summed E-state index contributed by atoms with van der Waals surface area (Å²) in [5.74, 6) is -1.67. The maximum absolute atomic E-state index is 13.3. The summed E-state index contributed by atoms with van der Waals surface area (Å²) in [4.78, 5) is 56.5. The number of Topliss-reactive ketones (excluding diaryl/α,β-unsaturated/α-hetero) is 1. The molecule has 1 heterocycles. The number of aryl methyl sites for hydroxylation is 1. The van der Waals surface area contributed by atoms with Crippen LogP contribution in [0.25, 0.3) is 0 Å². The minimum atomic E-state index is -1.09. The van der Waals surface area contributed by atoms with Crippen molar-refractivity contribution in [3.05, 3.63) is 52.0 Å². The van der Waals surface area contributed by atoms with Crippen LogP contribution in [0.1, 0.15) is 40.0 Å². The van der Waals surface area contributed by atoms with Gasteiger partial charge in [-0.15, -0.1) is 11.3 Å². The molecule has 0 saturated heterocycles. The molecule has 37 heavy (non-hydrogen) atoms. The molecule has 3 atom stereocenters. The molecule has 11 heteroatoms. The molecule has 3 N–H and O–H groups in total. The highest BCUT2D eigenvalue weighted by atomic mass is 32.1. The van der Waals surface area contributed by atoms with Crippen LogP contribution in [0.2, 0.25) is 0 Å². The fourth-order valence-corrected chi connectivity index (χ4v) is 4.53. The molecule has 3 rings (SSSR count). The standard InChI is InChI=1S/C26H34N4O6S/c1-16-27-13-21(37-16)25(34)30-20(15-36-4)24(33)29-19(14-35-3)23(32)28-18(22(31)26(2)10-11-26)12-17-8-6-5-7-9-17/h5-9,13,18-20H,10-12,14-15H2,1-4H3,(H,28,32)(H,29,33)(H,30,34)/t18?,19-,20-/m0/s1. The largest absolute Gasteiger partial charge is 0.382 e. The van der Waals surface area contributed by atoms with Gasteiger partial charge in [-0.25, -0.2) is 4.98 Å². The van der Waals surface area contributed by atoms with Crippen LogP contribution in [-0.2, 0) is 30.3 Å². The molecule has 0 bridgehead atoms. The molecule has 0 radical (unpaired) electrons. The molecule has 1 aromatic heterocycles. The number of amides is 3. The molecule has 200 valence electrons. The highest BCUT2D eigenvalue weighted by Gasteiger charge is 2.48. The molecule has 0 aliphatic heterocycles. The van der Waals surface area contributed by atoms with Crippen molar-refractivity contribution in [1.82, 2.24) is 20.9 Å². The zero-order chi connectivity index (χ0) is 27.0. The van der Waals surface area contributed by atoms with E-state index in [0.717, 1.165) is 23.4 Å². The first kappa shape index (κ1) is 28.4. The lowest BCUT2D eigenvalue weighted by atomic mass is 9.92. The number of aromatic nitrogens is 1. The first-order valence-electron chi connectivity index (χ1n) is 12.1. The Morgan fingerprint density at radius 2 is 1.51 bits per heavy atom. The lowest BCUT2D eigenvalue weighted by molar-refractivity contribution is -0.134. The molecular weight excluding hydrogens is 496 g/mol. The number of nitrogens with zero attached hydrogens (tertiary/aromatic N) is 1. The van der Waals surface area contributed by atoms with Crippen LogP contribution in [0.15, 0.2) is 36.5 Å². The maximum atomic E-state index is 13.3. The van der Waals surface area contributed by atoms with E-state index >= 15 is 0 Å². The van der Waals surface area contributed by atoms with Gasteiger partial charge in [0.1, 0.15) is 17.0 Å². The second-order valence-corrected chi connectivity index (χ2v) is 10.7. The Balaban J connectivity index is 1.70. The highest BCUT2D eigenvalue weighted by Crippen LogP contribution is 2.46. The number of carbonyl (C=O) groups is 4. The van der Waals surface area contributed by atoms with Gasteiger partial charge in [-0.1, -0.05) is 37.3 Å². The van der Waals surface area contributed by atoms with Crippen molar-refractivity contribution in [2.75, 3.05) is 27.4 Å². The predicted octanol–water partition coefficient (Wildman–Crippen LogP) is 1.42. The van der Waals surface area contributed by atoms with Crippen LogP contribution in [0.4, 0.5) is 0 Å². The SMILES string of the molecule is COC[C@H](NC(=O)c1cnc(C)s1)C(=O)N[C@@H](COC)C(=O)NC(Cc1ccccc1)C(=O)C1(C)CC1. The fraction of sp³-hybridized carbons (Fsp3) is 0.500. The maximum Gasteiger partial charge on any atom is 0.263 e. The minimum Gasteiger partial charge on any atom is -0.382 e. The number of carbonyl (C=O) groups excluding carboxylic acids is 4. The molecule has 1 aromatic carbocycles. The summed E-state index contributed by atoms with van der Waals surface area (Å²) in [7, 11) is 2.81. The van der Waals surface area contributed by atoms with Gasteiger partial charge in [0.25, 0.3) is 5.91 Å². The van der Waals surface area contributed by atoms with E-state index in [0.29, 0.717) is 11.3 Å². The number of thiazole rings is 1. The molecule has 1 aliphatic carbocycles. The second kappa shape index (κ2) is 12.9. The van der Waals surface area contributed by atoms with Crippen molar-refractivity contribution in [3.8, 4) is 0 Å². The van der Waals surface area contributed by atoms with Crippen molar-refractivity contribution in [2.45, 2.75) is 51.2 Å². The van der Waals surface area contributed by atoms with E-state index in [2.05, 4.69) is 20.9 Å². The highest BCUT2D eigenvalue weighted by molar-refractivity contribution is 7.13. The van der Waals surface area contributed by atoms with Gasteiger partial charge in [0.05, 0.1) is 30.5 Å². The van der Waals surface area contributed by atoms with Crippen molar-refractivity contribution >= 4 is 34.8 Å². The number of rotatable bonds is 14. The molecule has 1 saturated carbocycles. The molecule has 3 amide bonds. The van der Waals surface area contributed by atoms with Crippen molar-refractivity contribution in [2.24, 2.45) is 5.41 Å². The van der Waals surface area contributed by atoms with E-state index in [1.165, 1.54) is 31.8 Å². The summed E-state index contributed by atoms with van der Waals surface area (Å²) < 4.78 is 10.3. The number of benzene rings is 1. The van der Waals surface area contributed by atoms with Crippen molar-refractivity contribution in [1.29, 1.82) is 0 Å². The Morgan fingerprint density at radius 3 is 2.03 bits per heavy atom. The van der Waals surface area contributed by atoms with Crippen LogP contribution < -0.4 is 16.0 Å². The Kier molecular flexibility index (Phi) is 9.90. The van der Waals surface area contributed by atoms with Gasteiger partial charge >= 0.3 is 0 Å². The number of ether oxygens (including phenoxy) is 2. The van der Waals surface area contributed by atoms with E-state index in [9.17, 15) is 19.2 Å².